The fourth-order valence-corrected chi connectivity index (χ4v) is 6.52. The van der Waals surface area contributed by atoms with Gasteiger partial charge in [0, 0.05) is 18.6 Å². The van der Waals surface area contributed by atoms with Crippen LogP contribution >= 0.6 is 23.4 Å². The third-order valence-electron chi connectivity index (χ3n) is 4.87. The molecule has 35 heavy (non-hydrogen) atoms. The number of sulfonamides is 2. The second kappa shape index (κ2) is 11.9. The molecule has 16 heteroatoms. The number of thioether (sulfide) groups is 1. The van der Waals surface area contributed by atoms with Crippen LogP contribution in [0.1, 0.15) is 27.2 Å². The fourth-order valence-electron chi connectivity index (χ4n) is 3.27. The number of hydrogen-bond donors (Lipinski definition) is 3. The minimum Gasteiger partial charge on any atom is -0.465 e. The molecule has 0 spiro atoms. The first-order chi connectivity index (χ1) is 16.2. The van der Waals surface area contributed by atoms with E-state index in [0.717, 1.165) is 28.8 Å². The van der Waals surface area contributed by atoms with E-state index in [1.54, 1.807) is 13.8 Å². The summed E-state index contributed by atoms with van der Waals surface area (Å²) in [6.45, 7) is 4.09. The summed E-state index contributed by atoms with van der Waals surface area (Å²) in [7, 11) is -8.51. The van der Waals surface area contributed by atoms with Gasteiger partial charge in [0.2, 0.25) is 26.0 Å². The van der Waals surface area contributed by atoms with E-state index in [4.69, 9.17) is 21.5 Å². The van der Waals surface area contributed by atoms with Gasteiger partial charge < -0.3 is 15.0 Å². The lowest BCUT2D eigenvalue weighted by atomic mass is 10.1. The Morgan fingerprint density at radius 3 is 2.54 bits per heavy atom. The van der Waals surface area contributed by atoms with Crippen LogP contribution in [0.2, 0.25) is 5.02 Å². The number of esters is 1. The molecule has 2 unspecified atom stereocenters. The van der Waals surface area contributed by atoms with E-state index >= 15 is 0 Å². The molecule has 0 saturated heterocycles. The van der Waals surface area contributed by atoms with Crippen LogP contribution in [0.25, 0.3) is 0 Å². The summed E-state index contributed by atoms with van der Waals surface area (Å²) < 4.78 is 56.4. The smallest absolute Gasteiger partial charge is 0.325 e. The van der Waals surface area contributed by atoms with Gasteiger partial charge in [-0.2, -0.15) is 4.72 Å². The number of carbonyl (C=O) groups is 3. The van der Waals surface area contributed by atoms with Crippen LogP contribution in [0.15, 0.2) is 21.9 Å². The summed E-state index contributed by atoms with van der Waals surface area (Å²) in [4.78, 5) is 36.6. The van der Waals surface area contributed by atoms with Crippen molar-refractivity contribution in [3.63, 3.8) is 0 Å². The highest BCUT2D eigenvalue weighted by molar-refractivity contribution is 8.13. The summed E-state index contributed by atoms with van der Waals surface area (Å²) in [5, 5.41) is 7.58. The molecule has 12 nitrogen and oxygen atoms in total. The second-order valence-electron chi connectivity index (χ2n) is 7.70. The molecule has 1 amide bonds. The average Bonchev–Trinajstić information content (AvgIpc) is 2.70. The molecule has 1 aromatic rings. The van der Waals surface area contributed by atoms with E-state index in [1.807, 2.05) is 0 Å². The van der Waals surface area contributed by atoms with Gasteiger partial charge in [-0.05, 0) is 25.5 Å². The fraction of sp³-hybridized carbons (Fsp3) is 0.526. The maximum absolute atomic E-state index is 13.1. The van der Waals surface area contributed by atoms with Gasteiger partial charge in [0.15, 0.2) is 5.12 Å². The molecule has 1 aliphatic heterocycles. The normalized spacial score (nSPS) is 17.6. The van der Waals surface area contributed by atoms with Crippen molar-refractivity contribution >= 4 is 66.1 Å². The van der Waals surface area contributed by atoms with Crippen molar-refractivity contribution in [1.29, 1.82) is 0 Å². The summed E-state index contributed by atoms with van der Waals surface area (Å²) in [5.41, 5.74) is 0.000547. The standard InChI is InChI=1S/C19H27ClN4O8S3/c1-4-32-18(26)10-24(19(27)11(2)5-6-33-12(3)25)9-17-22-14-7-13(20)15(34(21,28)29)8-16(14)35(30,31)23-17/h7-8,11,17,22-23H,4-6,9-10H2,1-3H3,(H2,21,28,29). The molecule has 4 N–H and O–H groups in total. The number of nitrogens with zero attached hydrogens (tertiary/aromatic N) is 1. The molecule has 0 fully saturated rings. The van der Waals surface area contributed by atoms with Crippen LogP contribution in [-0.4, -0.2) is 70.3 Å². The minimum absolute atomic E-state index is 0.000547. The number of carbonyl (C=O) groups excluding carboxylic acids is 3. The highest BCUT2D eigenvalue weighted by Crippen LogP contribution is 2.33. The molecule has 196 valence electrons. The number of ether oxygens (including phenoxy) is 1. The van der Waals surface area contributed by atoms with Gasteiger partial charge in [0.1, 0.15) is 22.5 Å². The van der Waals surface area contributed by atoms with Crippen molar-refractivity contribution in [3.8, 4) is 0 Å². The number of amides is 1. The Kier molecular flexibility index (Phi) is 9.96. The van der Waals surface area contributed by atoms with Gasteiger partial charge in [0.05, 0.1) is 23.9 Å². The Labute approximate surface area is 213 Å². The van der Waals surface area contributed by atoms with Crippen LogP contribution in [0.5, 0.6) is 0 Å². The molecule has 0 saturated carbocycles. The third kappa shape index (κ3) is 8.05. The Morgan fingerprint density at radius 2 is 1.97 bits per heavy atom. The van der Waals surface area contributed by atoms with Gasteiger partial charge in [0.25, 0.3) is 0 Å². The number of primary sulfonamides is 1. The van der Waals surface area contributed by atoms with Crippen molar-refractivity contribution in [3.05, 3.63) is 17.2 Å². The van der Waals surface area contributed by atoms with Gasteiger partial charge in [-0.25, -0.2) is 22.0 Å². The highest BCUT2D eigenvalue weighted by atomic mass is 35.5. The van der Waals surface area contributed by atoms with Crippen molar-refractivity contribution in [2.45, 2.75) is 43.1 Å². The predicted octanol–water partition coefficient (Wildman–Crippen LogP) is 0.715. The molecule has 0 radical (unpaired) electrons. The monoisotopic (exact) mass is 570 g/mol. The lowest BCUT2D eigenvalue weighted by molar-refractivity contribution is -0.150. The zero-order valence-electron chi connectivity index (χ0n) is 19.2. The minimum atomic E-state index is -4.28. The van der Waals surface area contributed by atoms with Crippen molar-refractivity contribution in [1.82, 2.24) is 9.62 Å². The lowest BCUT2D eigenvalue weighted by Gasteiger charge is -2.33. The first-order valence-electron chi connectivity index (χ1n) is 10.4. The average molecular weight is 571 g/mol. The van der Waals surface area contributed by atoms with Crippen LogP contribution in [0, 0.1) is 5.92 Å². The number of nitrogens with two attached hydrogens (primary N) is 1. The topological polar surface area (TPSA) is 182 Å². The molecular formula is C19H27ClN4O8S3. The van der Waals surface area contributed by atoms with Gasteiger partial charge in [-0.15, -0.1) is 0 Å². The molecule has 0 aliphatic carbocycles. The zero-order chi connectivity index (χ0) is 26.6. The Balaban J connectivity index is 2.30. The Hall–Kier alpha value is -1.91. The van der Waals surface area contributed by atoms with E-state index in [2.05, 4.69) is 10.0 Å². The summed E-state index contributed by atoms with van der Waals surface area (Å²) >= 11 is 7.07. The highest BCUT2D eigenvalue weighted by Gasteiger charge is 2.34. The van der Waals surface area contributed by atoms with Crippen LogP contribution in [0.3, 0.4) is 0 Å². The molecule has 1 aliphatic rings. The molecule has 1 heterocycles. The van der Waals surface area contributed by atoms with Crippen molar-refractivity contribution in [2.75, 3.05) is 30.8 Å². The number of halogens is 1. The summed E-state index contributed by atoms with van der Waals surface area (Å²) in [6, 6.07) is 1.95. The Morgan fingerprint density at radius 1 is 1.31 bits per heavy atom. The first-order valence-corrected chi connectivity index (χ1v) is 14.8. The second-order valence-corrected chi connectivity index (χ2v) is 12.6. The van der Waals surface area contributed by atoms with Gasteiger partial charge in [-0.3, -0.25) is 14.4 Å². The summed E-state index contributed by atoms with van der Waals surface area (Å²) in [5.74, 6) is -1.26. The largest absolute Gasteiger partial charge is 0.465 e. The number of benzene rings is 1. The van der Waals surface area contributed by atoms with Crippen molar-refractivity contribution < 1.29 is 36.0 Å². The number of nitrogens with one attached hydrogen (secondary N) is 2. The maximum atomic E-state index is 13.1. The lowest BCUT2D eigenvalue weighted by Crippen LogP contribution is -2.54. The quantitative estimate of drug-likeness (QED) is 0.339. The number of hydrogen-bond acceptors (Lipinski definition) is 10. The summed E-state index contributed by atoms with van der Waals surface area (Å²) in [6.07, 6.45) is -0.706. The van der Waals surface area contributed by atoms with Crippen LogP contribution in [-0.2, 0) is 39.2 Å². The molecule has 0 bridgehead atoms. The molecule has 2 rings (SSSR count). The van der Waals surface area contributed by atoms with E-state index in [-0.39, 0.29) is 33.9 Å². The first kappa shape index (κ1) is 29.3. The van der Waals surface area contributed by atoms with Crippen LogP contribution in [0.4, 0.5) is 5.69 Å². The zero-order valence-corrected chi connectivity index (χ0v) is 22.4. The van der Waals surface area contributed by atoms with Gasteiger partial charge >= 0.3 is 5.97 Å². The molecule has 1 aromatic carbocycles. The maximum Gasteiger partial charge on any atom is 0.325 e. The third-order valence-corrected chi connectivity index (χ3v) is 8.61. The SMILES string of the molecule is CCOC(=O)CN(CC1Nc2cc(Cl)c(S(N)(=O)=O)cc2S(=O)(=O)N1)C(=O)C(C)CCSC(C)=O. The van der Waals surface area contributed by atoms with Gasteiger partial charge in [-0.1, -0.05) is 30.3 Å². The molecule has 0 aromatic heterocycles. The Bertz CT molecular complexity index is 1210. The molecule has 2 atom stereocenters. The van der Waals surface area contributed by atoms with E-state index in [1.165, 1.54) is 6.92 Å². The predicted molar refractivity (Wildman–Crippen MR) is 131 cm³/mol. The van der Waals surface area contributed by atoms with E-state index in [9.17, 15) is 31.2 Å². The molecular weight excluding hydrogens is 544 g/mol. The van der Waals surface area contributed by atoms with Crippen LogP contribution < -0.4 is 15.2 Å². The number of anilines is 1. The van der Waals surface area contributed by atoms with Crippen molar-refractivity contribution in [2.24, 2.45) is 11.1 Å². The van der Waals surface area contributed by atoms with E-state index < -0.39 is 55.4 Å². The van der Waals surface area contributed by atoms with E-state index in [0.29, 0.717) is 12.2 Å². The number of rotatable bonds is 10. The number of fused-ring (bicyclic) bond motifs is 1.